The van der Waals surface area contributed by atoms with Crippen molar-refractivity contribution in [2.45, 2.75) is 9.79 Å². The maximum absolute atomic E-state index is 11.8. The van der Waals surface area contributed by atoms with Gasteiger partial charge in [-0.2, -0.15) is 0 Å². The normalized spacial score (nSPS) is 11.6. The van der Waals surface area contributed by atoms with Gasteiger partial charge in [0, 0.05) is 21.2 Å². The van der Waals surface area contributed by atoms with Crippen LogP contribution in [0.25, 0.3) is 0 Å². The van der Waals surface area contributed by atoms with Crippen molar-refractivity contribution in [1.29, 1.82) is 0 Å². The second-order valence-electron chi connectivity index (χ2n) is 3.72. The van der Waals surface area contributed by atoms with Gasteiger partial charge in [0.15, 0.2) is 15.6 Å². The summed E-state index contributed by atoms with van der Waals surface area (Å²) in [5.41, 5.74) is 0.384. The first-order valence-corrected chi connectivity index (χ1v) is 8.97. The zero-order valence-corrected chi connectivity index (χ0v) is 13.5. The molecule has 0 fully saturated rings. The number of thioether (sulfide) groups is 1. The van der Waals surface area contributed by atoms with Gasteiger partial charge in [-0.15, -0.1) is 11.8 Å². The van der Waals surface area contributed by atoms with Crippen molar-refractivity contribution in [1.82, 2.24) is 5.32 Å². The van der Waals surface area contributed by atoms with Crippen molar-refractivity contribution in [3.63, 3.8) is 0 Å². The van der Waals surface area contributed by atoms with E-state index in [1.54, 1.807) is 19.4 Å². The molecule has 0 bridgehead atoms. The summed E-state index contributed by atoms with van der Waals surface area (Å²) in [5.74, 6) is -0.143. The lowest BCUT2D eigenvalue weighted by Gasteiger charge is -2.10. The number of nitrogens with one attached hydrogen (secondary N) is 1. The topological polar surface area (TPSA) is 63.2 Å². The SMILES string of the molecule is CNCC(=O)c1cc(Br)c(SC)c(S(C)(=O)=O)c1. The quantitative estimate of drug-likeness (QED) is 0.649. The van der Waals surface area contributed by atoms with Gasteiger partial charge >= 0.3 is 0 Å². The summed E-state index contributed by atoms with van der Waals surface area (Å²) < 4.78 is 24.1. The molecule has 1 aromatic rings. The van der Waals surface area contributed by atoms with Crippen LogP contribution in [0, 0.1) is 0 Å². The number of carbonyl (C=O) groups excluding carboxylic acids is 1. The predicted octanol–water partition coefficient (Wildman–Crippen LogP) is 1.98. The Kier molecular flexibility index (Phi) is 5.39. The van der Waals surface area contributed by atoms with Gasteiger partial charge in [-0.1, -0.05) is 0 Å². The van der Waals surface area contributed by atoms with E-state index in [-0.39, 0.29) is 17.2 Å². The van der Waals surface area contributed by atoms with Crippen LogP contribution in [0.3, 0.4) is 0 Å². The highest BCUT2D eigenvalue weighted by Gasteiger charge is 2.19. The maximum Gasteiger partial charge on any atom is 0.176 e. The zero-order chi connectivity index (χ0) is 13.9. The molecule has 1 N–H and O–H groups in total. The molecule has 0 amide bonds. The number of Topliss-reactive ketones (excluding diaryl/α,β-unsaturated/α-hetero) is 1. The molecule has 0 spiro atoms. The number of halogens is 1. The molecule has 0 radical (unpaired) electrons. The minimum atomic E-state index is -3.36. The van der Waals surface area contributed by atoms with E-state index >= 15 is 0 Å². The molecule has 0 unspecified atom stereocenters. The molecule has 18 heavy (non-hydrogen) atoms. The lowest BCUT2D eigenvalue weighted by atomic mass is 10.1. The van der Waals surface area contributed by atoms with Crippen molar-refractivity contribution >= 4 is 43.3 Å². The second kappa shape index (κ2) is 6.18. The Morgan fingerprint density at radius 1 is 1.44 bits per heavy atom. The highest BCUT2D eigenvalue weighted by Crippen LogP contribution is 2.33. The van der Waals surface area contributed by atoms with Gasteiger partial charge in [-0.25, -0.2) is 8.42 Å². The number of ketones is 1. The number of hydrogen-bond acceptors (Lipinski definition) is 5. The molecule has 1 aromatic carbocycles. The van der Waals surface area contributed by atoms with Crippen molar-refractivity contribution in [2.75, 3.05) is 26.1 Å². The van der Waals surface area contributed by atoms with E-state index in [0.717, 1.165) is 6.26 Å². The summed E-state index contributed by atoms with van der Waals surface area (Å²) in [6.07, 6.45) is 2.94. The Balaban J connectivity index is 3.45. The summed E-state index contributed by atoms with van der Waals surface area (Å²) in [4.78, 5) is 12.6. The van der Waals surface area contributed by atoms with E-state index in [9.17, 15) is 13.2 Å². The van der Waals surface area contributed by atoms with Crippen LogP contribution in [0.5, 0.6) is 0 Å². The third kappa shape index (κ3) is 3.57. The van der Waals surface area contributed by atoms with E-state index < -0.39 is 9.84 Å². The number of rotatable bonds is 5. The van der Waals surface area contributed by atoms with Crippen LogP contribution in [0.4, 0.5) is 0 Å². The molecule has 0 heterocycles. The molecule has 7 heteroatoms. The van der Waals surface area contributed by atoms with E-state index in [0.29, 0.717) is 14.9 Å². The van der Waals surface area contributed by atoms with Crippen LogP contribution in [-0.2, 0) is 9.84 Å². The van der Waals surface area contributed by atoms with Gasteiger partial charge in [0.25, 0.3) is 0 Å². The number of carbonyl (C=O) groups is 1. The Bertz CT molecular complexity index is 570. The van der Waals surface area contributed by atoms with Gasteiger partial charge in [0.1, 0.15) is 0 Å². The molecule has 0 saturated carbocycles. The molecule has 1 rings (SSSR count). The van der Waals surface area contributed by atoms with Gasteiger partial charge in [-0.05, 0) is 41.4 Å². The molecule has 100 valence electrons. The van der Waals surface area contributed by atoms with E-state index in [4.69, 9.17) is 0 Å². The van der Waals surface area contributed by atoms with E-state index in [1.165, 1.54) is 17.8 Å². The molecule has 0 aliphatic rings. The average Bonchev–Trinajstić information content (AvgIpc) is 2.27. The zero-order valence-electron chi connectivity index (χ0n) is 10.3. The number of likely N-dealkylation sites (N-methyl/N-ethyl adjacent to an activating group) is 1. The fraction of sp³-hybridized carbons (Fsp3) is 0.364. The highest BCUT2D eigenvalue weighted by molar-refractivity contribution is 9.10. The molecule has 0 atom stereocenters. The van der Waals surface area contributed by atoms with Gasteiger partial charge in [-0.3, -0.25) is 4.79 Å². The number of benzene rings is 1. The Morgan fingerprint density at radius 2 is 2.06 bits per heavy atom. The number of sulfone groups is 1. The summed E-state index contributed by atoms with van der Waals surface area (Å²) in [5, 5.41) is 2.75. The van der Waals surface area contributed by atoms with Crippen molar-refractivity contribution in [3.05, 3.63) is 22.2 Å². The molecule has 0 saturated heterocycles. The molecule has 0 aliphatic carbocycles. The largest absolute Gasteiger partial charge is 0.313 e. The van der Waals surface area contributed by atoms with Gasteiger partial charge in [0.05, 0.1) is 11.4 Å². The smallest absolute Gasteiger partial charge is 0.176 e. The van der Waals surface area contributed by atoms with Crippen LogP contribution in [0.15, 0.2) is 26.4 Å². The van der Waals surface area contributed by atoms with Gasteiger partial charge < -0.3 is 5.32 Å². The second-order valence-corrected chi connectivity index (χ2v) is 7.37. The average molecular weight is 352 g/mol. The van der Waals surface area contributed by atoms with E-state index in [2.05, 4.69) is 21.2 Å². The third-order valence-electron chi connectivity index (χ3n) is 2.27. The lowest BCUT2D eigenvalue weighted by molar-refractivity contribution is 0.0993. The number of hydrogen-bond donors (Lipinski definition) is 1. The standard InChI is InChI=1S/C11H14BrNO3S2/c1-13-6-9(14)7-4-8(12)11(17-2)10(5-7)18(3,15)16/h4-5,13H,6H2,1-3H3. The minimum Gasteiger partial charge on any atom is -0.313 e. The highest BCUT2D eigenvalue weighted by atomic mass is 79.9. The monoisotopic (exact) mass is 351 g/mol. The Labute approximate surface area is 120 Å². The molecule has 0 aromatic heterocycles. The maximum atomic E-state index is 11.8. The van der Waals surface area contributed by atoms with Crippen LogP contribution in [0.2, 0.25) is 0 Å². The first-order chi connectivity index (χ1) is 8.31. The summed E-state index contributed by atoms with van der Waals surface area (Å²) in [7, 11) is -1.70. The van der Waals surface area contributed by atoms with Crippen molar-refractivity contribution in [3.8, 4) is 0 Å². The summed E-state index contributed by atoms with van der Waals surface area (Å²) in [6, 6.07) is 3.09. The van der Waals surface area contributed by atoms with Crippen LogP contribution in [0.1, 0.15) is 10.4 Å². The van der Waals surface area contributed by atoms with E-state index in [1.807, 2.05) is 0 Å². The van der Waals surface area contributed by atoms with Gasteiger partial charge in [0.2, 0.25) is 0 Å². The Hall–Kier alpha value is -0.370. The first-order valence-electron chi connectivity index (χ1n) is 5.06. The third-order valence-corrected chi connectivity index (χ3v) is 5.26. The molecule has 0 aliphatic heterocycles. The fourth-order valence-corrected chi connectivity index (χ4v) is 4.55. The van der Waals surface area contributed by atoms with Crippen LogP contribution >= 0.6 is 27.7 Å². The summed E-state index contributed by atoms with van der Waals surface area (Å²) >= 11 is 4.64. The predicted molar refractivity (Wildman–Crippen MR) is 77.3 cm³/mol. The van der Waals surface area contributed by atoms with Crippen LogP contribution in [-0.4, -0.2) is 40.3 Å². The molecular weight excluding hydrogens is 338 g/mol. The minimum absolute atomic E-state index is 0.143. The van der Waals surface area contributed by atoms with Crippen molar-refractivity contribution in [2.24, 2.45) is 0 Å². The Morgan fingerprint density at radius 3 is 2.50 bits per heavy atom. The lowest BCUT2D eigenvalue weighted by Crippen LogP contribution is -2.19. The molecule has 4 nitrogen and oxygen atoms in total. The van der Waals surface area contributed by atoms with Crippen LogP contribution < -0.4 is 5.32 Å². The fourth-order valence-electron chi connectivity index (χ4n) is 1.47. The molecular formula is C11H14BrNO3S2. The van der Waals surface area contributed by atoms with Crippen molar-refractivity contribution < 1.29 is 13.2 Å². The summed E-state index contributed by atoms with van der Waals surface area (Å²) in [6.45, 7) is 0.175. The first kappa shape index (κ1) is 15.7.